The van der Waals surface area contributed by atoms with Crippen LogP contribution in [0.1, 0.15) is 10.4 Å². The van der Waals surface area contributed by atoms with Gasteiger partial charge in [0.2, 0.25) is 0 Å². The van der Waals surface area contributed by atoms with Gasteiger partial charge in [0.15, 0.2) is 5.15 Å². The molecule has 0 spiro atoms. The Balaban J connectivity index is 2.22. The molecule has 0 aliphatic carbocycles. The van der Waals surface area contributed by atoms with E-state index in [2.05, 4.69) is 10.3 Å². The summed E-state index contributed by atoms with van der Waals surface area (Å²) >= 11 is 5.90. The van der Waals surface area contributed by atoms with Crippen molar-refractivity contribution in [3.8, 4) is 0 Å². The van der Waals surface area contributed by atoms with Crippen LogP contribution in [0.2, 0.25) is 5.15 Å². The van der Waals surface area contributed by atoms with Crippen LogP contribution in [0.3, 0.4) is 0 Å². The van der Waals surface area contributed by atoms with Gasteiger partial charge >= 0.3 is 0 Å². The van der Waals surface area contributed by atoms with Gasteiger partial charge in [-0.25, -0.2) is 4.98 Å². The zero-order chi connectivity index (χ0) is 14.7. The monoisotopic (exact) mass is 290 g/mol. The van der Waals surface area contributed by atoms with Gasteiger partial charge in [0.1, 0.15) is 0 Å². The lowest BCUT2D eigenvalue weighted by Gasteiger charge is -2.16. The second-order valence-electron chi connectivity index (χ2n) is 4.46. The quantitative estimate of drug-likeness (QED) is 0.673. The molecule has 2 rings (SSSR count). The highest BCUT2D eigenvalue weighted by atomic mass is 35.5. The average molecular weight is 291 g/mol. The Kier molecular flexibility index (Phi) is 4.10. The number of pyridine rings is 1. The molecule has 0 aliphatic heterocycles. The predicted octanol–water partition coefficient (Wildman–Crippen LogP) is 2.64. The molecule has 1 aromatic heterocycles. The number of hydrogen-bond acceptors (Lipinski definition) is 4. The van der Waals surface area contributed by atoms with E-state index in [9.17, 15) is 4.79 Å². The van der Waals surface area contributed by atoms with Crippen molar-refractivity contribution in [2.75, 3.05) is 30.0 Å². The largest absolute Gasteiger partial charge is 0.397 e. The molecular formula is C14H15ClN4O. The summed E-state index contributed by atoms with van der Waals surface area (Å²) in [6.07, 6.45) is 1.56. The first-order valence-corrected chi connectivity index (χ1v) is 6.35. The van der Waals surface area contributed by atoms with Crippen molar-refractivity contribution in [1.82, 2.24) is 4.98 Å². The number of nitrogens with zero attached hydrogens (tertiary/aromatic N) is 2. The average Bonchev–Trinajstić information content (AvgIpc) is 2.40. The highest BCUT2D eigenvalue weighted by Crippen LogP contribution is 2.24. The standard InChI is InChI=1S/C14H15ClN4O/c1-19(2)12-6-5-9(8-10(12)16)14(20)18-11-4-3-7-17-13(11)15/h3-8H,16H2,1-2H3,(H,18,20). The van der Waals surface area contributed by atoms with Gasteiger partial charge in [-0.05, 0) is 30.3 Å². The van der Waals surface area contributed by atoms with Crippen LogP contribution in [-0.2, 0) is 0 Å². The topological polar surface area (TPSA) is 71.2 Å². The van der Waals surface area contributed by atoms with Crippen LogP contribution in [0.25, 0.3) is 0 Å². The first-order valence-electron chi connectivity index (χ1n) is 5.97. The SMILES string of the molecule is CN(C)c1ccc(C(=O)Nc2cccnc2Cl)cc1N. The Morgan fingerprint density at radius 3 is 2.70 bits per heavy atom. The van der Waals surface area contributed by atoms with Gasteiger partial charge in [-0.15, -0.1) is 0 Å². The predicted molar refractivity (Wildman–Crippen MR) is 82.4 cm³/mol. The number of nitrogens with one attached hydrogen (secondary N) is 1. The van der Waals surface area contributed by atoms with E-state index in [4.69, 9.17) is 17.3 Å². The summed E-state index contributed by atoms with van der Waals surface area (Å²) in [6, 6.07) is 8.53. The summed E-state index contributed by atoms with van der Waals surface area (Å²) in [7, 11) is 3.78. The third kappa shape index (κ3) is 3.00. The molecule has 0 bridgehead atoms. The maximum absolute atomic E-state index is 12.1. The summed E-state index contributed by atoms with van der Waals surface area (Å²) in [5, 5.41) is 2.95. The Labute approximate surface area is 122 Å². The second-order valence-corrected chi connectivity index (χ2v) is 4.82. The molecule has 1 aromatic carbocycles. The third-order valence-electron chi connectivity index (χ3n) is 2.78. The summed E-state index contributed by atoms with van der Waals surface area (Å²) in [4.78, 5) is 17.9. The molecule has 2 aromatic rings. The van der Waals surface area contributed by atoms with E-state index >= 15 is 0 Å². The number of nitrogen functional groups attached to an aromatic ring is 1. The fourth-order valence-electron chi connectivity index (χ4n) is 1.78. The van der Waals surface area contributed by atoms with Crippen LogP contribution in [0, 0.1) is 0 Å². The fraction of sp³-hybridized carbons (Fsp3) is 0.143. The van der Waals surface area contributed by atoms with Gasteiger partial charge in [0, 0.05) is 25.9 Å². The van der Waals surface area contributed by atoms with Crippen molar-refractivity contribution >= 4 is 34.6 Å². The van der Waals surface area contributed by atoms with Gasteiger partial charge in [-0.3, -0.25) is 4.79 Å². The zero-order valence-corrected chi connectivity index (χ0v) is 12.0. The van der Waals surface area contributed by atoms with Crippen LogP contribution in [0.15, 0.2) is 36.5 Å². The molecule has 0 atom stereocenters. The first kappa shape index (κ1) is 14.1. The number of rotatable bonds is 3. The molecule has 5 nitrogen and oxygen atoms in total. The summed E-state index contributed by atoms with van der Waals surface area (Å²) in [5.74, 6) is -0.281. The summed E-state index contributed by atoms with van der Waals surface area (Å²) < 4.78 is 0. The molecule has 0 fully saturated rings. The highest BCUT2D eigenvalue weighted by molar-refractivity contribution is 6.32. The van der Waals surface area contributed by atoms with Gasteiger partial charge in [0.25, 0.3) is 5.91 Å². The third-order valence-corrected chi connectivity index (χ3v) is 3.08. The van der Waals surface area contributed by atoms with E-state index in [0.29, 0.717) is 16.9 Å². The van der Waals surface area contributed by atoms with E-state index < -0.39 is 0 Å². The maximum atomic E-state index is 12.1. The minimum Gasteiger partial charge on any atom is -0.397 e. The fourth-order valence-corrected chi connectivity index (χ4v) is 1.94. The molecular weight excluding hydrogens is 276 g/mol. The Bertz CT molecular complexity index is 643. The molecule has 104 valence electrons. The molecule has 0 unspecified atom stereocenters. The molecule has 0 aliphatic rings. The zero-order valence-electron chi connectivity index (χ0n) is 11.2. The molecule has 0 saturated carbocycles. The van der Waals surface area contributed by atoms with Gasteiger partial charge in [-0.1, -0.05) is 11.6 Å². The molecule has 1 heterocycles. The number of benzene rings is 1. The van der Waals surface area contributed by atoms with E-state index in [1.807, 2.05) is 19.0 Å². The number of anilines is 3. The Hall–Kier alpha value is -2.27. The molecule has 1 amide bonds. The number of hydrogen-bond donors (Lipinski definition) is 2. The summed E-state index contributed by atoms with van der Waals surface area (Å²) in [6.45, 7) is 0. The molecule has 0 saturated heterocycles. The highest BCUT2D eigenvalue weighted by Gasteiger charge is 2.11. The molecule has 0 radical (unpaired) electrons. The molecule has 20 heavy (non-hydrogen) atoms. The minimum atomic E-state index is -0.281. The van der Waals surface area contributed by atoms with Crippen LogP contribution < -0.4 is 16.0 Å². The van der Waals surface area contributed by atoms with Crippen molar-refractivity contribution in [2.24, 2.45) is 0 Å². The lowest BCUT2D eigenvalue weighted by atomic mass is 10.1. The van der Waals surface area contributed by atoms with Crippen LogP contribution >= 0.6 is 11.6 Å². The lowest BCUT2D eigenvalue weighted by molar-refractivity contribution is 0.102. The second kappa shape index (κ2) is 5.79. The van der Waals surface area contributed by atoms with Gasteiger partial charge < -0.3 is 16.0 Å². The van der Waals surface area contributed by atoms with E-state index in [-0.39, 0.29) is 11.1 Å². The minimum absolute atomic E-state index is 0.249. The lowest BCUT2D eigenvalue weighted by Crippen LogP contribution is -2.15. The summed E-state index contributed by atoms with van der Waals surface area (Å²) in [5.41, 5.74) is 8.26. The van der Waals surface area contributed by atoms with E-state index in [0.717, 1.165) is 5.69 Å². The Morgan fingerprint density at radius 2 is 2.10 bits per heavy atom. The Morgan fingerprint density at radius 1 is 1.35 bits per heavy atom. The number of carbonyl (C=O) groups is 1. The van der Waals surface area contributed by atoms with E-state index in [1.54, 1.807) is 36.5 Å². The van der Waals surface area contributed by atoms with Crippen molar-refractivity contribution < 1.29 is 4.79 Å². The number of halogens is 1. The number of carbonyl (C=O) groups excluding carboxylic acids is 1. The van der Waals surface area contributed by atoms with Crippen LogP contribution in [-0.4, -0.2) is 25.0 Å². The van der Waals surface area contributed by atoms with Crippen molar-refractivity contribution in [1.29, 1.82) is 0 Å². The number of amides is 1. The van der Waals surface area contributed by atoms with Crippen LogP contribution in [0.5, 0.6) is 0 Å². The number of aromatic nitrogens is 1. The van der Waals surface area contributed by atoms with Crippen molar-refractivity contribution in [2.45, 2.75) is 0 Å². The van der Waals surface area contributed by atoms with Crippen molar-refractivity contribution in [3.05, 3.63) is 47.2 Å². The first-order chi connectivity index (χ1) is 9.49. The van der Waals surface area contributed by atoms with Gasteiger partial charge in [-0.2, -0.15) is 0 Å². The van der Waals surface area contributed by atoms with Gasteiger partial charge in [0.05, 0.1) is 17.1 Å². The molecule has 3 N–H and O–H groups in total. The maximum Gasteiger partial charge on any atom is 0.255 e. The number of nitrogens with two attached hydrogens (primary N) is 1. The normalized spacial score (nSPS) is 10.2. The smallest absolute Gasteiger partial charge is 0.255 e. The van der Waals surface area contributed by atoms with Crippen molar-refractivity contribution in [3.63, 3.8) is 0 Å². The van der Waals surface area contributed by atoms with Crippen LogP contribution in [0.4, 0.5) is 17.1 Å². The van der Waals surface area contributed by atoms with E-state index in [1.165, 1.54) is 0 Å². The molecule has 6 heteroatoms.